The summed E-state index contributed by atoms with van der Waals surface area (Å²) in [5.74, 6) is 0.227. The maximum absolute atomic E-state index is 12.4. The van der Waals surface area contributed by atoms with Crippen LogP contribution in [-0.2, 0) is 18.8 Å². The molecule has 1 heterocycles. The maximum atomic E-state index is 12.4. The molecule has 0 unspecified atom stereocenters. The van der Waals surface area contributed by atoms with Gasteiger partial charge in [-0.3, -0.25) is 4.79 Å². The molecule has 0 aliphatic carbocycles. The largest absolute Gasteiger partial charge is 0.494 e. The van der Waals surface area contributed by atoms with E-state index in [1.807, 2.05) is 12.1 Å². The zero-order valence-corrected chi connectivity index (χ0v) is 17.3. The molecule has 0 spiro atoms. The van der Waals surface area contributed by atoms with E-state index in [4.69, 9.17) is 29.3 Å². The van der Waals surface area contributed by atoms with E-state index in [0.717, 1.165) is 18.3 Å². The van der Waals surface area contributed by atoms with Crippen LogP contribution in [0.3, 0.4) is 0 Å². The highest BCUT2D eigenvalue weighted by Crippen LogP contribution is 2.16. The SMILES string of the molecule is NCC(=O)OCCCCOc1ccc(C(=O)Oc2ccc(B3OCCCO3)cc2)cc1. The summed E-state index contributed by atoms with van der Waals surface area (Å²) in [5, 5.41) is 0. The third-order valence-corrected chi connectivity index (χ3v) is 4.52. The standard InChI is InChI=1S/C22H26BNO7/c24-16-21(25)28-13-2-1-12-27-19-8-4-17(5-9-19)22(26)31-20-10-6-18(7-11-20)23-29-14-3-15-30-23/h4-11H,1-3,12-16,24H2. The van der Waals surface area contributed by atoms with Crippen molar-refractivity contribution >= 4 is 24.5 Å². The second kappa shape index (κ2) is 12.1. The number of rotatable bonds is 10. The Labute approximate surface area is 181 Å². The molecule has 2 N–H and O–H groups in total. The predicted octanol–water partition coefficient (Wildman–Crippen LogP) is 1.70. The molecule has 164 valence electrons. The average Bonchev–Trinajstić information content (AvgIpc) is 2.82. The predicted molar refractivity (Wildman–Crippen MR) is 114 cm³/mol. The van der Waals surface area contributed by atoms with Crippen LogP contribution in [0, 0.1) is 0 Å². The van der Waals surface area contributed by atoms with Gasteiger partial charge in [0, 0.05) is 13.2 Å². The van der Waals surface area contributed by atoms with Crippen molar-refractivity contribution in [2.45, 2.75) is 19.3 Å². The number of carbonyl (C=O) groups excluding carboxylic acids is 2. The van der Waals surface area contributed by atoms with Crippen molar-refractivity contribution in [3.05, 3.63) is 54.1 Å². The lowest BCUT2D eigenvalue weighted by atomic mass is 9.78. The van der Waals surface area contributed by atoms with E-state index < -0.39 is 11.9 Å². The zero-order valence-electron chi connectivity index (χ0n) is 17.3. The number of hydrogen-bond acceptors (Lipinski definition) is 8. The summed E-state index contributed by atoms with van der Waals surface area (Å²) in [6.07, 6.45) is 2.31. The topological polar surface area (TPSA) is 106 Å². The fourth-order valence-corrected chi connectivity index (χ4v) is 2.87. The molecular formula is C22H26BNO7. The van der Waals surface area contributed by atoms with Crippen molar-refractivity contribution in [1.29, 1.82) is 0 Å². The Morgan fingerprint density at radius 1 is 0.903 bits per heavy atom. The summed E-state index contributed by atoms with van der Waals surface area (Å²) in [4.78, 5) is 23.3. The van der Waals surface area contributed by atoms with Gasteiger partial charge in [0.2, 0.25) is 0 Å². The van der Waals surface area contributed by atoms with Crippen molar-refractivity contribution in [3.63, 3.8) is 0 Å². The highest BCUT2D eigenvalue weighted by Gasteiger charge is 2.24. The van der Waals surface area contributed by atoms with E-state index >= 15 is 0 Å². The third-order valence-electron chi connectivity index (χ3n) is 4.52. The number of ether oxygens (including phenoxy) is 3. The molecule has 2 aromatic rings. The lowest BCUT2D eigenvalue weighted by Crippen LogP contribution is -2.40. The normalized spacial score (nSPS) is 13.5. The van der Waals surface area contributed by atoms with Crippen molar-refractivity contribution < 1.29 is 33.1 Å². The molecule has 9 heteroatoms. The summed E-state index contributed by atoms with van der Waals surface area (Å²) < 4.78 is 27.1. The fourth-order valence-electron chi connectivity index (χ4n) is 2.87. The number of nitrogens with two attached hydrogens (primary N) is 1. The molecule has 1 aliphatic rings. The smallest absolute Gasteiger partial charge is 0.493 e. The molecule has 1 aliphatic heterocycles. The molecule has 3 rings (SSSR count). The Morgan fingerprint density at radius 3 is 2.23 bits per heavy atom. The fraction of sp³-hybridized carbons (Fsp3) is 0.364. The van der Waals surface area contributed by atoms with Crippen LogP contribution < -0.4 is 20.7 Å². The van der Waals surface area contributed by atoms with Gasteiger partial charge in [-0.05, 0) is 61.1 Å². The van der Waals surface area contributed by atoms with Gasteiger partial charge >= 0.3 is 19.1 Å². The molecule has 0 radical (unpaired) electrons. The number of hydrogen-bond donors (Lipinski definition) is 1. The number of benzene rings is 2. The van der Waals surface area contributed by atoms with Crippen LogP contribution in [0.4, 0.5) is 0 Å². The molecule has 0 aromatic heterocycles. The van der Waals surface area contributed by atoms with Crippen LogP contribution in [0.25, 0.3) is 0 Å². The second-order valence-electron chi connectivity index (χ2n) is 6.89. The van der Waals surface area contributed by atoms with Gasteiger partial charge in [-0.1, -0.05) is 12.1 Å². The number of unbranched alkanes of at least 4 members (excludes halogenated alkanes) is 1. The minimum absolute atomic E-state index is 0.110. The molecule has 0 saturated carbocycles. The van der Waals surface area contributed by atoms with Gasteiger partial charge in [0.25, 0.3) is 0 Å². The monoisotopic (exact) mass is 427 g/mol. The third kappa shape index (κ3) is 7.39. The number of esters is 2. The minimum atomic E-state index is -0.453. The molecule has 31 heavy (non-hydrogen) atoms. The van der Waals surface area contributed by atoms with E-state index in [1.54, 1.807) is 36.4 Å². The first-order valence-corrected chi connectivity index (χ1v) is 10.3. The molecule has 2 aromatic carbocycles. The summed E-state index contributed by atoms with van der Waals surface area (Å²) in [5.41, 5.74) is 6.47. The Kier molecular flexibility index (Phi) is 8.90. The molecule has 0 atom stereocenters. The summed E-state index contributed by atoms with van der Waals surface area (Å²) >= 11 is 0. The van der Waals surface area contributed by atoms with Crippen molar-refractivity contribution in [3.8, 4) is 11.5 Å². The van der Waals surface area contributed by atoms with Crippen LogP contribution >= 0.6 is 0 Å². The van der Waals surface area contributed by atoms with Crippen molar-refractivity contribution in [2.24, 2.45) is 5.73 Å². The highest BCUT2D eigenvalue weighted by atomic mass is 16.6. The van der Waals surface area contributed by atoms with Crippen LogP contribution in [0.5, 0.6) is 11.5 Å². The van der Waals surface area contributed by atoms with Gasteiger partial charge in [-0.15, -0.1) is 0 Å². The molecule has 8 nitrogen and oxygen atoms in total. The molecule has 0 bridgehead atoms. The first-order valence-electron chi connectivity index (χ1n) is 10.3. The molecule has 1 saturated heterocycles. The zero-order chi connectivity index (χ0) is 21.9. The Hall–Kier alpha value is -2.88. The van der Waals surface area contributed by atoms with E-state index in [-0.39, 0.29) is 13.7 Å². The summed E-state index contributed by atoms with van der Waals surface area (Å²) in [6.45, 7) is 2.04. The molecule has 0 amide bonds. The molecular weight excluding hydrogens is 401 g/mol. The first-order chi connectivity index (χ1) is 15.2. The quantitative estimate of drug-likeness (QED) is 0.264. The Bertz CT molecular complexity index is 836. The Balaban J connectivity index is 1.41. The van der Waals surface area contributed by atoms with Crippen molar-refractivity contribution in [1.82, 2.24) is 0 Å². The average molecular weight is 427 g/mol. The van der Waals surface area contributed by atoms with Gasteiger partial charge in [0.1, 0.15) is 11.5 Å². The maximum Gasteiger partial charge on any atom is 0.493 e. The lowest BCUT2D eigenvalue weighted by molar-refractivity contribution is -0.142. The number of carbonyl (C=O) groups is 2. The van der Waals surface area contributed by atoms with Gasteiger partial charge in [0.15, 0.2) is 0 Å². The van der Waals surface area contributed by atoms with Crippen LogP contribution in [0.2, 0.25) is 0 Å². The Morgan fingerprint density at radius 2 is 1.55 bits per heavy atom. The van der Waals surface area contributed by atoms with Gasteiger partial charge < -0.3 is 29.3 Å². The van der Waals surface area contributed by atoms with Crippen LogP contribution in [-0.4, -0.2) is 52.0 Å². The van der Waals surface area contributed by atoms with Crippen LogP contribution in [0.15, 0.2) is 48.5 Å². The first kappa shape index (κ1) is 22.8. The van der Waals surface area contributed by atoms with E-state index in [2.05, 4.69) is 0 Å². The van der Waals surface area contributed by atoms with E-state index in [9.17, 15) is 9.59 Å². The van der Waals surface area contributed by atoms with E-state index in [0.29, 0.717) is 49.9 Å². The van der Waals surface area contributed by atoms with E-state index in [1.165, 1.54) is 0 Å². The lowest BCUT2D eigenvalue weighted by Gasteiger charge is -2.19. The van der Waals surface area contributed by atoms with Crippen LogP contribution in [0.1, 0.15) is 29.6 Å². The summed E-state index contributed by atoms with van der Waals surface area (Å²) in [7, 11) is -0.369. The van der Waals surface area contributed by atoms with Gasteiger partial charge in [-0.2, -0.15) is 0 Å². The minimum Gasteiger partial charge on any atom is -0.494 e. The summed E-state index contributed by atoms with van der Waals surface area (Å²) in [6, 6.07) is 13.8. The molecule has 1 fully saturated rings. The van der Waals surface area contributed by atoms with Gasteiger partial charge in [0.05, 0.1) is 25.3 Å². The second-order valence-corrected chi connectivity index (χ2v) is 6.89. The van der Waals surface area contributed by atoms with Crippen molar-refractivity contribution in [2.75, 3.05) is 33.0 Å². The highest BCUT2D eigenvalue weighted by molar-refractivity contribution is 6.61. The van der Waals surface area contributed by atoms with Gasteiger partial charge in [-0.25, -0.2) is 4.79 Å².